The number of hydrogen-bond donors (Lipinski definition) is 3. The summed E-state index contributed by atoms with van der Waals surface area (Å²) >= 11 is 0. The molecule has 3 rings (SSSR count). The lowest BCUT2D eigenvalue weighted by atomic mass is 10.1. The number of nitrogens with one attached hydrogen (secondary N) is 3. The summed E-state index contributed by atoms with van der Waals surface area (Å²) in [5, 5.41) is 5.55. The lowest BCUT2D eigenvalue weighted by Gasteiger charge is -2.07. The third kappa shape index (κ3) is 3.74. The molecule has 2 aromatic carbocycles. The molecule has 3 N–H and O–H groups in total. The van der Waals surface area contributed by atoms with Crippen molar-refractivity contribution in [2.45, 2.75) is 13.3 Å². The van der Waals surface area contributed by atoms with Crippen molar-refractivity contribution in [3.05, 3.63) is 54.4 Å². The third-order valence-corrected chi connectivity index (χ3v) is 3.34. The molecule has 0 atom stereocenters. The Labute approximate surface area is 132 Å². The smallest absolute Gasteiger partial charge is 0.228 e. The largest absolute Gasteiger partial charge is 0.345 e. The number of H-pyrrole nitrogens is 1. The number of hydrogen-bond acceptors (Lipinski definition) is 3. The molecule has 0 saturated heterocycles. The van der Waals surface area contributed by atoms with E-state index in [-0.39, 0.29) is 18.2 Å². The second kappa shape index (κ2) is 6.31. The van der Waals surface area contributed by atoms with Crippen LogP contribution in [-0.2, 0) is 16.0 Å². The Morgan fingerprint density at radius 1 is 1.04 bits per heavy atom. The molecule has 0 aliphatic heterocycles. The lowest BCUT2D eigenvalue weighted by Crippen LogP contribution is -2.14. The molecule has 0 spiro atoms. The summed E-state index contributed by atoms with van der Waals surface area (Å²) in [5.41, 5.74) is 4.05. The predicted molar refractivity (Wildman–Crippen MR) is 89.2 cm³/mol. The van der Waals surface area contributed by atoms with E-state index in [0.29, 0.717) is 5.69 Å². The topological polar surface area (TPSA) is 86.9 Å². The summed E-state index contributed by atoms with van der Waals surface area (Å²) in [4.78, 5) is 30.2. The van der Waals surface area contributed by atoms with Crippen molar-refractivity contribution < 1.29 is 9.59 Å². The van der Waals surface area contributed by atoms with Gasteiger partial charge in [-0.05, 0) is 35.9 Å². The minimum Gasteiger partial charge on any atom is -0.345 e. The van der Waals surface area contributed by atoms with E-state index in [0.717, 1.165) is 22.3 Å². The monoisotopic (exact) mass is 308 g/mol. The van der Waals surface area contributed by atoms with Gasteiger partial charge in [0.05, 0.1) is 23.8 Å². The number of aromatic amines is 1. The van der Waals surface area contributed by atoms with Gasteiger partial charge in [-0.2, -0.15) is 0 Å². The van der Waals surface area contributed by atoms with Gasteiger partial charge in [0.1, 0.15) is 0 Å². The number of aromatic nitrogens is 2. The number of fused-ring (bicyclic) bond motifs is 1. The minimum atomic E-state index is -0.121. The average molecular weight is 308 g/mol. The second-order valence-electron chi connectivity index (χ2n) is 5.24. The van der Waals surface area contributed by atoms with Crippen molar-refractivity contribution in [1.29, 1.82) is 0 Å². The summed E-state index contributed by atoms with van der Waals surface area (Å²) in [6, 6.07) is 12.7. The van der Waals surface area contributed by atoms with Crippen molar-refractivity contribution >= 4 is 34.2 Å². The van der Waals surface area contributed by atoms with Crippen LogP contribution in [0, 0.1) is 0 Å². The number of rotatable bonds is 4. The molecule has 0 radical (unpaired) electrons. The van der Waals surface area contributed by atoms with Crippen molar-refractivity contribution in [2.24, 2.45) is 0 Å². The highest BCUT2D eigenvalue weighted by molar-refractivity contribution is 5.94. The standard InChI is InChI=1S/C17H16N4O2/c1-11(22)20-13-4-2-12(3-5-13)8-17(23)21-14-6-7-15-16(9-14)19-10-18-15/h2-7,9-10H,8H2,1H3,(H,18,19)(H,20,22)(H,21,23). The maximum absolute atomic E-state index is 12.1. The molecule has 6 heteroatoms. The van der Waals surface area contributed by atoms with E-state index >= 15 is 0 Å². The number of benzene rings is 2. The van der Waals surface area contributed by atoms with Crippen LogP contribution in [0.2, 0.25) is 0 Å². The molecule has 6 nitrogen and oxygen atoms in total. The van der Waals surface area contributed by atoms with Crippen molar-refractivity contribution in [3.63, 3.8) is 0 Å². The Morgan fingerprint density at radius 3 is 2.52 bits per heavy atom. The minimum absolute atomic E-state index is 0.101. The molecule has 1 aromatic heterocycles. The van der Waals surface area contributed by atoms with Gasteiger partial charge in [-0.15, -0.1) is 0 Å². The molecule has 0 fully saturated rings. The van der Waals surface area contributed by atoms with Crippen LogP contribution >= 0.6 is 0 Å². The van der Waals surface area contributed by atoms with Crippen LogP contribution in [0.1, 0.15) is 12.5 Å². The zero-order valence-electron chi connectivity index (χ0n) is 12.6. The molecule has 3 aromatic rings. The Kier molecular flexibility index (Phi) is 4.05. The summed E-state index contributed by atoms with van der Waals surface area (Å²) in [7, 11) is 0. The molecule has 0 aliphatic carbocycles. The molecule has 1 heterocycles. The number of nitrogens with zero attached hydrogens (tertiary/aromatic N) is 1. The molecule has 116 valence electrons. The van der Waals surface area contributed by atoms with Crippen molar-refractivity contribution in [3.8, 4) is 0 Å². The Balaban J connectivity index is 1.63. The number of imidazole rings is 1. The number of anilines is 2. The van der Waals surface area contributed by atoms with Gasteiger partial charge in [0.25, 0.3) is 0 Å². The average Bonchev–Trinajstić information content (AvgIpc) is 2.96. The predicted octanol–water partition coefficient (Wildman–Crippen LogP) is 2.70. The molecule has 0 bridgehead atoms. The molecular weight excluding hydrogens is 292 g/mol. The van der Waals surface area contributed by atoms with Gasteiger partial charge >= 0.3 is 0 Å². The third-order valence-electron chi connectivity index (χ3n) is 3.34. The van der Waals surface area contributed by atoms with Crippen LogP contribution in [0.4, 0.5) is 11.4 Å². The van der Waals surface area contributed by atoms with E-state index in [1.165, 1.54) is 6.92 Å². The zero-order chi connectivity index (χ0) is 16.2. The fourth-order valence-electron chi connectivity index (χ4n) is 2.31. The van der Waals surface area contributed by atoms with Gasteiger partial charge in [-0.1, -0.05) is 12.1 Å². The van der Waals surface area contributed by atoms with E-state index in [4.69, 9.17) is 0 Å². The SMILES string of the molecule is CC(=O)Nc1ccc(CC(=O)Nc2ccc3nc[nH]c3c2)cc1. The van der Waals surface area contributed by atoms with Gasteiger partial charge in [-0.25, -0.2) is 4.98 Å². The zero-order valence-corrected chi connectivity index (χ0v) is 12.6. The molecule has 2 amide bonds. The van der Waals surface area contributed by atoms with Gasteiger partial charge in [0.15, 0.2) is 0 Å². The van der Waals surface area contributed by atoms with E-state index in [2.05, 4.69) is 20.6 Å². The number of carbonyl (C=O) groups is 2. The summed E-state index contributed by atoms with van der Waals surface area (Å²) in [6.45, 7) is 1.46. The van der Waals surface area contributed by atoms with Crippen LogP contribution in [0.3, 0.4) is 0 Å². The maximum Gasteiger partial charge on any atom is 0.228 e. The first kappa shape index (κ1) is 14.8. The quantitative estimate of drug-likeness (QED) is 0.692. The van der Waals surface area contributed by atoms with E-state index in [1.54, 1.807) is 18.5 Å². The fraction of sp³-hybridized carbons (Fsp3) is 0.118. The Morgan fingerprint density at radius 2 is 1.78 bits per heavy atom. The first-order valence-corrected chi connectivity index (χ1v) is 7.20. The molecule has 23 heavy (non-hydrogen) atoms. The highest BCUT2D eigenvalue weighted by atomic mass is 16.2. The van der Waals surface area contributed by atoms with Crippen LogP contribution < -0.4 is 10.6 Å². The summed E-state index contributed by atoms with van der Waals surface area (Å²) in [5.74, 6) is -0.221. The molecule has 0 aliphatic rings. The van der Waals surface area contributed by atoms with E-state index in [9.17, 15) is 9.59 Å². The first-order valence-electron chi connectivity index (χ1n) is 7.20. The fourth-order valence-corrected chi connectivity index (χ4v) is 2.31. The van der Waals surface area contributed by atoms with Crippen LogP contribution in [0.5, 0.6) is 0 Å². The van der Waals surface area contributed by atoms with Gasteiger partial charge in [-0.3, -0.25) is 9.59 Å². The van der Waals surface area contributed by atoms with Crippen LogP contribution in [-0.4, -0.2) is 21.8 Å². The summed E-state index contributed by atoms with van der Waals surface area (Å²) < 4.78 is 0. The lowest BCUT2D eigenvalue weighted by molar-refractivity contribution is -0.116. The number of amides is 2. The van der Waals surface area contributed by atoms with Gasteiger partial charge in [0.2, 0.25) is 11.8 Å². The number of carbonyl (C=O) groups excluding carboxylic acids is 2. The first-order chi connectivity index (χ1) is 11.1. The maximum atomic E-state index is 12.1. The normalized spacial score (nSPS) is 10.5. The van der Waals surface area contributed by atoms with Crippen LogP contribution in [0.15, 0.2) is 48.8 Å². The van der Waals surface area contributed by atoms with Crippen molar-refractivity contribution in [1.82, 2.24) is 9.97 Å². The van der Waals surface area contributed by atoms with Gasteiger partial charge in [0, 0.05) is 18.3 Å². The highest BCUT2D eigenvalue weighted by Gasteiger charge is 2.06. The van der Waals surface area contributed by atoms with Crippen molar-refractivity contribution in [2.75, 3.05) is 10.6 Å². The highest BCUT2D eigenvalue weighted by Crippen LogP contribution is 2.16. The van der Waals surface area contributed by atoms with E-state index in [1.807, 2.05) is 30.3 Å². The van der Waals surface area contributed by atoms with E-state index < -0.39 is 0 Å². The molecule has 0 saturated carbocycles. The Hall–Kier alpha value is -3.15. The second-order valence-corrected chi connectivity index (χ2v) is 5.24. The molecule has 0 unspecified atom stereocenters. The Bertz CT molecular complexity index is 852. The van der Waals surface area contributed by atoms with Crippen LogP contribution in [0.25, 0.3) is 11.0 Å². The van der Waals surface area contributed by atoms with Gasteiger partial charge < -0.3 is 15.6 Å². The summed E-state index contributed by atoms with van der Waals surface area (Å²) in [6.07, 6.45) is 1.88. The molecular formula is C17H16N4O2.